The fourth-order valence-corrected chi connectivity index (χ4v) is 2.03. The van der Waals surface area contributed by atoms with E-state index in [0.29, 0.717) is 0 Å². The molecule has 1 saturated carbocycles. The quantitative estimate of drug-likeness (QED) is 0.731. The summed E-state index contributed by atoms with van der Waals surface area (Å²) in [7, 11) is 1.76. The van der Waals surface area contributed by atoms with Gasteiger partial charge in [0.25, 0.3) is 0 Å². The Morgan fingerprint density at radius 2 is 2.18 bits per heavy atom. The summed E-state index contributed by atoms with van der Waals surface area (Å²) in [5, 5.41) is 3.58. The summed E-state index contributed by atoms with van der Waals surface area (Å²) < 4.78 is 5.09. The zero-order valence-corrected chi connectivity index (χ0v) is 11.0. The van der Waals surface area contributed by atoms with Crippen molar-refractivity contribution >= 4 is 0 Å². The van der Waals surface area contributed by atoms with Gasteiger partial charge in [0.1, 0.15) is 0 Å². The first-order chi connectivity index (χ1) is 8.29. The molecule has 2 heteroatoms. The van der Waals surface area contributed by atoms with Crippen molar-refractivity contribution in [3.05, 3.63) is 34.9 Å². The fourth-order valence-electron chi connectivity index (χ4n) is 2.03. The van der Waals surface area contributed by atoms with Crippen molar-refractivity contribution in [1.29, 1.82) is 0 Å². The molecule has 94 valence electrons. The van der Waals surface area contributed by atoms with E-state index in [4.69, 9.17) is 4.74 Å². The Kier molecular flexibility index (Phi) is 4.57. The molecule has 1 fully saturated rings. The van der Waals surface area contributed by atoms with Crippen LogP contribution in [0.2, 0.25) is 0 Å². The highest BCUT2D eigenvalue weighted by molar-refractivity contribution is 5.31. The first-order valence-corrected chi connectivity index (χ1v) is 6.60. The van der Waals surface area contributed by atoms with Crippen molar-refractivity contribution < 1.29 is 4.74 Å². The lowest BCUT2D eigenvalue weighted by Crippen LogP contribution is -2.16. The van der Waals surface area contributed by atoms with Crippen molar-refractivity contribution in [3.63, 3.8) is 0 Å². The minimum atomic E-state index is 0.784. The number of aryl methyl sites for hydroxylation is 2. The van der Waals surface area contributed by atoms with Crippen molar-refractivity contribution in [2.75, 3.05) is 13.7 Å². The van der Waals surface area contributed by atoms with Crippen LogP contribution < -0.4 is 5.32 Å². The van der Waals surface area contributed by atoms with E-state index >= 15 is 0 Å². The number of hydrogen-bond acceptors (Lipinski definition) is 2. The molecule has 0 atom stereocenters. The third-order valence-corrected chi connectivity index (χ3v) is 3.39. The summed E-state index contributed by atoms with van der Waals surface area (Å²) in [5.74, 6) is 0. The number of rotatable bonds is 7. The maximum atomic E-state index is 5.09. The van der Waals surface area contributed by atoms with E-state index in [1.54, 1.807) is 7.11 Å². The molecule has 1 aliphatic rings. The van der Waals surface area contributed by atoms with Gasteiger partial charge in [0.05, 0.1) is 0 Å². The molecule has 0 spiro atoms. The van der Waals surface area contributed by atoms with Gasteiger partial charge in [0, 0.05) is 26.3 Å². The zero-order chi connectivity index (χ0) is 12.1. The van der Waals surface area contributed by atoms with Gasteiger partial charge in [-0.2, -0.15) is 0 Å². The van der Waals surface area contributed by atoms with E-state index in [1.165, 1.54) is 29.5 Å². The molecule has 0 bridgehead atoms. The normalized spacial score (nSPS) is 15.2. The Morgan fingerprint density at radius 1 is 1.35 bits per heavy atom. The topological polar surface area (TPSA) is 21.3 Å². The Hall–Kier alpha value is -0.860. The fraction of sp³-hybridized carbons (Fsp3) is 0.600. The van der Waals surface area contributed by atoms with Crippen LogP contribution in [0.4, 0.5) is 0 Å². The van der Waals surface area contributed by atoms with E-state index < -0.39 is 0 Å². The second-order valence-electron chi connectivity index (χ2n) is 5.01. The molecular weight excluding hydrogens is 210 g/mol. The first-order valence-electron chi connectivity index (χ1n) is 6.60. The molecule has 0 aromatic heterocycles. The molecule has 17 heavy (non-hydrogen) atoms. The van der Waals surface area contributed by atoms with Crippen LogP contribution in [0.3, 0.4) is 0 Å². The summed E-state index contributed by atoms with van der Waals surface area (Å²) in [5.41, 5.74) is 4.28. The predicted octanol–water partition coefficient (Wildman–Crippen LogP) is 2.83. The highest BCUT2D eigenvalue weighted by atomic mass is 16.5. The smallest absolute Gasteiger partial charge is 0.0465 e. The lowest BCUT2D eigenvalue weighted by atomic mass is 10.0. The van der Waals surface area contributed by atoms with Crippen molar-refractivity contribution in [2.45, 2.75) is 45.2 Å². The van der Waals surface area contributed by atoms with Crippen molar-refractivity contribution in [3.8, 4) is 0 Å². The Bertz CT molecular complexity index is 358. The second kappa shape index (κ2) is 6.18. The largest absolute Gasteiger partial charge is 0.385 e. The highest BCUT2D eigenvalue weighted by Gasteiger charge is 2.20. The number of hydrogen-bond donors (Lipinski definition) is 1. The average molecular weight is 233 g/mol. The predicted molar refractivity (Wildman–Crippen MR) is 71.2 cm³/mol. The maximum Gasteiger partial charge on any atom is 0.0465 e. The van der Waals surface area contributed by atoms with Gasteiger partial charge in [0.15, 0.2) is 0 Å². The SMILES string of the molecule is COCCCc1ccc(C)c(CNC2CC2)c1. The lowest BCUT2D eigenvalue weighted by Gasteiger charge is -2.10. The summed E-state index contributed by atoms with van der Waals surface area (Å²) in [6, 6.07) is 7.62. The van der Waals surface area contributed by atoms with Crippen LogP contribution in [-0.2, 0) is 17.7 Å². The molecule has 0 amide bonds. The van der Waals surface area contributed by atoms with Gasteiger partial charge in [-0.15, -0.1) is 0 Å². The van der Waals surface area contributed by atoms with Gasteiger partial charge < -0.3 is 10.1 Å². The third kappa shape index (κ3) is 4.14. The second-order valence-corrected chi connectivity index (χ2v) is 5.01. The Labute approximate surface area is 104 Å². The van der Waals surface area contributed by atoms with Gasteiger partial charge in [-0.3, -0.25) is 0 Å². The Morgan fingerprint density at radius 3 is 2.88 bits per heavy atom. The Balaban J connectivity index is 1.90. The summed E-state index contributed by atoms with van der Waals surface area (Å²) >= 11 is 0. The molecule has 1 aliphatic carbocycles. The number of methoxy groups -OCH3 is 1. The maximum absolute atomic E-state index is 5.09. The molecule has 2 rings (SSSR count). The average Bonchev–Trinajstić information content (AvgIpc) is 3.14. The van der Waals surface area contributed by atoms with Gasteiger partial charge in [0.2, 0.25) is 0 Å². The van der Waals surface area contributed by atoms with Gasteiger partial charge in [-0.1, -0.05) is 18.2 Å². The first kappa shape index (κ1) is 12.6. The van der Waals surface area contributed by atoms with E-state index in [1.807, 2.05) is 0 Å². The van der Waals surface area contributed by atoms with E-state index in [0.717, 1.165) is 32.0 Å². The molecule has 0 unspecified atom stereocenters. The highest BCUT2D eigenvalue weighted by Crippen LogP contribution is 2.20. The van der Waals surface area contributed by atoms with Gasteiger partial charge in [-0.05, 0) is 49.3 Å². The van der Waals surface area contributed by atoms with Crippen molar-refractivity contribution in [1.82, 2.24) is 5.32 Å². The molecule has 0 heterocycles. The summed E-state index contributed by atoms with van der Waals surface area (Å²) in [6.07, 6.45) is 4.93. The van der Waals surface area contributed by atoms with Crippen LogP contribution in [0.25, 0.3) is 0 Å². The molecule has 2 nitrogen and oxygen atoms in total. The monoisotopic (exact) mass is 233 g/mol. The number of nitrogens with one attached hydrogen (secondary N) is 1. The van der Waals surface area contributed by atoms with Crippen molar-refractivity contribution in [2.24, 2.45) is 0 Å². The van der Waals surface area contributed by atoms with Crippen LogP contribution in [0.5, 0.6) is 0 Å². The number of ether oxygens (including phenoxy) is 1. The third-order valence-electron chi connectivity index (χ3n) is 3.39. The molecule has 1 aromatic rings. The van der Waals surface area contributed by atoms with Crippen LogP contribution in [0.15, 0.2) is 18.2 Å². The minimum Gasteiger partial charge on any atom is -0.385 e. The molecular formula is C15H23NO. The van der Waals surface area contributed by atoms with E-state index in [9.17, 15) is 0 Å². The molecule has 0 aliphatic heterocycles. The van der Waals surface area contributed by atoms with Crippen LogP contribution in [0.1, 0.15) is 36.0 Å². The molecule has 1 N–H and O–H groups in total. The molecule has 1 aromatic carbocycles. The number of benzene rings is 1. The van der Waals surface area contributed by atoms with Gasteiger partial charge >= 0.3 is 0 Å². The summed E-state index contributed by atoms with van der Waals surface area (Å²) in [4.78, 5) is 0. The van der Waals surface area contributed by atoms with E-state index in [2.05, 4.69) is 30.4 Å². The van der Waals surface area contributed by atoms with Crippen LogP contribution in [-0.4, -0.2) is 19.8 Å². The van der Waals surface area contributed by atoms with E-state index in [-0.39, 0.29) is 0 Å². The molecule has 0 radical (unpaired) electrons. The standard InChI is InChI=1S/C15H23NO/c1-12-5-6-13(4-3-9-17-2)10-14(12)11-16-15-7-8-15/h5-6,10,15-16H,3-4,7-9,11H2,1-2H3. The lowest BCUT2D eigenvalue weighted by molar-refractivity contribution is 0.195. The van der Waals surface area contributed by atoms with Crippen LogP contribution >= 0.6 is 0 Å². The van der Waals surface area contributed by atoms with Gasteiger partial charge in [-0.25, -0.2) is 0 Å². The van der Waals surface area contributed by atoms with Crippen LogP contribution in [0, 0.1) is 6.92 Å². The minimum absolute atomic E-state index is 0.784. The zero-order valence-electron chi connectivity index (χ0n) is 11.0. The summed E-state index contributed by atoms with van der Waals surface area (Å²) in [6.45, 7) is 4.07. The molecule has 0 saturated heterocycles.